The van der Waals surface area contributed by atoms with Crippen molar-refractivity contribution in [3.05, 3.63) is 109 Å². The van der Waals surface area contributed by atoms with Gasteiger partial charge in [0.15, 0.2) is 5.82 Å². The molecule has 0 bridgehead atoms. The smallest absolute Gasteiger partial charge is 0.416 e. The van der Waals surface area contributed by atoms with Crippen molar-refractivity contribution in [3.63, 3.8) is 0 Å². The Kier molecular flexibility index (Phi) is 4.71. The number of hydrogen-bond donors (Lipinski definition) is 1. The van der Waals surface area contributed by atoms with E-state index in [1.807, 2.05) is 71.4 Å². The summed E-state index contributed by atoms with van der Waals surface area (Å²) in [5.41, 5.74) is 6.72. The molecule has 1 N–H and O–H groups in total. The summed E-state index contributed by atoms with van der Waals surface area (Å²) in [5.74, 6) is 0.814. The van der Waals surface area contributed by atoms with Crippen molar-refractivity contribution in [1.82, 2.24) is 14.1 Å². The fraction of sp³-hybridized carbons (Fsp3) is 0.0357. The van der Waals surface area contributed by atoms with Crippen molar-refractivity contribution < 1.29 is 9.90 Å². The Morgan fingerprint density at radius 1 is 0.971 bits per heavy atom. The Morgan fingerprint density at radius 2 is 1.77 bits per heavy atom. The maximum Gasteiger partial charge on any atom is 0.416 e. The monoisotopic (exact) mass is 457 g/mol. The number of aromatic nitrogens is 3. The quantitative estimate of drug-likeness (QED) is 0.350. The fourth-order valence-corrected chi connectivity index (χ4v) is 4.61. The van der Waals surface area contributed by atoms with Gasteiger partial charge in [0.05, 0.1) is 34.4 Å². The van der Waals surface area contributed by atoms with Gasteiger partial charge in [-0.2, -0.15) is 5.26 Å². The van der Waals surface area contributed by atoms with E-state index in [9.17, 15) is 9.90 Å². The number of amides is 1. The van der Waals surface area contributed by atoms with Gasteiger partial charge in [0.1, 0.15) is 0 Å². The van der Waals surface area contributed by atoms with E-state index in [-0.39, 0.29) is 0 Å². The molecule has 5 aromatic rings. The first-order valence-electron chi connectivity index (χ1n) is 11.1. The van der Waals surface area contributed by atoms with E-state index in [0.29, 0.717) is 23.5 Å². The van der Waals surface area contributed by atoms with Gasteiger partial charge in [-0.15, -0.1) is 0 Å². The number of carbonyl (C=O) groups is 1. The van der Waals surface area contributed by atoms with E-state index in [2.05, 4.69) is 27.9 Å². The molecule has 168 valence electrons. The van der Waals surface area contributed by atoms with E-state index in [0.717, 1.165) is 33.9 Å². The van der Waals surface area contributed by atoms with Crippen LogP contribution >= 0.6 is 0 Å². The fourth-order valence-electron chi connectivity index (χ4n) is 4.61. The number of carboxylic acid groups (broad SMARTS) is 1. The highest BCUT2D eigenvalue weighted by Gasteiger charge is 2.24. The lowest BCUT2D eigenvalue weighted by Gasteiger charge is -2.21. The first-order chi connectivity index (χ1) is 17.1. The zero-order valence-corrected chi connectivity index (χ0v) is 18.5. The molecule has 35 heavy (non-hydrogen) atoms. The van der Waals surface area contributed by atoms with Crippen LogP contribution in [0.4, 0.5) is 16.2 Å². The maximum absolute atomic E-state index is 12.2. The molecular weight excluding hydrogens is 438 g/mol. The van der Waals surface area contributed by atoms with Gasteiger partial charge >= 0.3 is 6.09 Å². The van der Waals surface area contributed by atoms with Crippen molar-refractivity contribution in [2.24, 2.45) is 0 Å². The highest BCUT2D eigenvalue weighted by atomic mass is 16.4. The topological polar surface area (TPSA) is 87.1 Å². The standard InChI is InChI=1S/C28H19N5O2/c29-16-19-6-8-20(9-7-19)21-15-26-27-30-12-13-32(27)25-11-10-24(14-22(25)18-31(26)17-21)33(28(34)35)23-4-2-1-3-5-23/h1-15,17H,18H2,(H,34,35). The van der Waals surface area contributed by atoms with E-state index < -0.39 is 6.09 Å². The lowest BCUT2D eigenvalue weighted by atomic mass is 10.1. The van der Waals surface area contributed by atoms with Crippen LogP contribution in [0.15, 0.2) is 97.5 Å². The van der Waals surface area contributed by atoms with Crippen LogP contribution in [0, 0.1) is 11.3 Å². The van der Waals surface area contributed by atoms with Crippen LogP contribution < -0.4 is 4.90 Å². The van der Waals surface area contributed by atoms with Crippen molar-refractivity contribution in [1.29, 1.82) is 5.26 Å². The summed E-state index contributed by atoms with van der Waals surface area (Å²) >= 11 is 0. The Hall–Kier alpha value is -5.09. The van der Waals surface area contributed by atoms with Gasteiger partial charge in [-0.05, 0) is 59.7 Å². The van der Waals surface area contributed by atoms with E-state index >= 15 is 0 Å². The molecule has 0 radical (unpaired) electrons. The lowest BCUT2D eigenvalue weighted by molar-refractivity contribution is 0.205. The normalized spacial score (nSPS) is 11.5. The van der Waals surface area contributed by atoms with Crippen LogP contribution in [0.2, 0.25) is 0 Å². The highest BCUT2D eigenvalue weighted by Crippen LogP contribution is 2.36. The molecular formula is C28H19N5O2. The molecule has 7 nitrogen and oxygen atoms in total. The average molecular weight is 457 g/mol. The van der Waals surface area contributed by atoms with Crippen molar-refractivity contribution in [3.8, 4) is 34.4 Å². The summed E-state index contributed by atoms with van der Waals surface area (Å²) in [6.45, 7) is 0.556. The molecule has 3 heterocycles. The minimum atomic E-state index is -1.04. The second-order valence-corrected chi connectivity index (χ2v) is 8.32. The number of imidazole rings is 1. The Labute approximate surface area is 201 Å². The summed E-state index contributed by atoms with van der Waals surface area (Å²) < 4.78 is 4.17. The maximum atomic E-state index is 12.2. The van der Waals surface area contributed by atoms with Gasteiger partial charge in [0.2, 0.25) is 0 Å². The third-order valence-corrected chi connectivity index (χ3v) is 6.24. The minimum absolute atomic E-state index is 0.556. The molecule has 2 aromatic heterocycles. The summed E-state index contributed by atoms with van der Waals surface area (Å²) in [7, 11) is 0. The number of para-hydroxylation sites is 1. The molecule has 0 unspecified atom stereocenters. The minimum Gasteiger partial charge on any atom is -0.464 e. The average Bonchev–Trinajstić information content (AvgIpc) is 3.50. The third-order valence-electron chi connectivity index (χ3n) is 6.24. The van der Waals surface area contributed by atoms with Crippen molar-refractivity contribution in [2.45, 2.75) is 6.54 Å². The first kappa shape index (κ1) is 20.5. The second kappa shape index (κ2) is 8.04. The molecule has 0 saturated heterocycles. The number of anilines is 2. The van der Waals surface area contributed by atoms with Crippen LogP contribution in [0.3, 0.4) is 0 Å². The highest BCUT2D eigenvalue weighted by molar-refractivity contribution is 5.95. The SMILES string of the molecule is N#Cc1ccc(-c2cc3n(c2)Cc2cc(N(C(=O)O)c4ccccc4)ccc2-n2ccnc2-3)cc1. The molecule has 0 spiro atoms. The summed E-state index contributed by atoms with van der Waals surface area (Å²) in [5, 5.41) is 19.1. The zero-order valence-electron chi connectivity index (χ0n) is 18.5. The number of nitriles is 1. The zero-order chi connectivity index (χ0) is 23.9. The molecule has 1 aliphatic heterocycles. The van der Waals surface area contributed by atoms with Gasteiger partial charge in [0.25, 0.3) is 0 Å². The predicted octanol–water partition coefficient (Wildman–Crippen LogP) is 6.06. The summed E-state index contributed by atoms with van der Waals surface area (Å²) in [6, 6.07) is 26.5. The number of rotatable bonds is 3. The van der Waals surface area contributed by atoms with Gasteiger partial charge in [0, 0.05) is 30.7 Å². The Balaban J connectivity index is 1.47. The van der Waals surface area contributed by atoms with E-state index in [1.165, 1.54) is 4.90 Å². The van der Waals surface area contributed by atoms with E-state index in [4.69, 9.17) is 5.26 Å². The van der Waals surface area contributed by atoms with E-state index in [1.54, 1.807) is 18.3 Å². The first-order valence-corrected chi connectivity index (χ1v) is 11.1. The molecule has 0 atom stereocenters. The van der Waals surface area contributed by atoms with Gasteiger partial charge in [-0.25, -0.2) is 14.7 Å². The molecule has 0 saturated carbocycles. The molecule has 6 rings (SSSR count). The molecule has 0 fully saturated rings. The van der Waals surface area contributed by atoms with Crippen LogP contribution in [0.5, 0.6) is 0 Å². The molecule has 0 aliphatic carbocycles. The summed E-state index contributed by atoms with van der Waals surface area (Å²) in [6.07, 6.45) is 4.72. The number of nitrogens with zero attached hydrogens (tertiary/aromatic N) is 5. The summed E-state index contributed by atoms with van der Waals surface area (Å²) in [4.78, 5) is 18.1. The molecule has 3 aromatic carbocycles. The number of benzene rings is 3. The number of fused-ring (bicyclic) bond motifs is 5. The van der Waals surface area contributed by atoms with Crippen molar-refractivity contribution in [2.75, 3.05) is 4.90 Å². The van der Waals surface area contributed by atoms with Crippen molar-refractivity contribution >= 4 is 17.5 Å². The lowest BCUT2D eigenvalue weighted by Crippen LogP contribution is -2.23. The van der Waals surface area contributed by atoms with Gasteiger partial charge in [-0.1, -0.05) is 30.3 Å². The van der Waals surface area contributed by atoms with Gasteiger partial charge < -0.3 is 9.67 Å². The predicted molar refractivity (Wildman–Crippen MR) is 133 cm³/mol. The number of hydrogen-bond acceptors (Lipinski definition) is 3. The second-order valence-electron chi connectivity index (χ2n) is 8.32. The molecule has 1 aliphatic rings. The molecule has 7 heteroatoms. The largest absolute Gasteiger partial charge is 0.464 e. The Morgan fingerprint density at radius 3 is 2.51 bits per heavy atom. The Bertz CT molecular complexity index is 1610. The van der Waals surface area contributed by atoms with Crippen LogP contribution in [-0.2, 0) is 6.54 Å². The van der Waals surface area contributed by atoms with Crippen LogP contribution in [0.1, 0.15) is 11.1 Å². The van der Waals surface area contributed by atoms with Crippen LogP contribution in [-0.4, -0.2) is 25.3 Å². The van der Waals surface area contributed by atoms with Gasteiger partial charge in [-0.3, -0.25) is 4.57 Å². The molecule has 1 amide bonds. The van der Waals surface area contributed by atoms with Crippen LogP contribution in [0.25, 0.3) is 28.3 Å². The third kappa shape index (κ3) is 3.45.